The smallest absolute Gasteiger partial charge is 0.227 e. The fourth-order valence-corrected chi connectivity index (χ4v) is 2.10. The van der Waals surface area contributed by atoms with E-state index < -0.39 is 0 Å². The summed E-state index contributed by atoms with van der Waals surface area (Å²) < 4.78 is 0. The molecular formula is C13H18N2O. The predicted molar refractivity (Wildman–Crippen MR) is 64.2 cm³/mol. The Bertz CT molecular complexity index is 350. The minimum atomic E-state index is 0.240. The Morgan fingerprint density at radius 1 is 1.44 bits per heavy atom. The summed E-state index contributed by atoms with van der Waals surface area (Å²) in [4.78, 5) is 13.9. The molecule has 3 heteroatoms. The van der Waals surface area contributed by atoms with E-state index in [1.165, 1.54) is 0 Å². The second kappa shape index (κ2) is 5.12. The highest BCUT2D eigenvalue weighted by Crippen LogP contribution is 2.11. The molecule has 1 unspecified atom stereocenters. The molecule has 1 heterocycles. The monoisotopic (exact) mass is 218 g/mol. The van der Waals surface area contributed by atoms with Crippen LogP contribution in [0.25, 0.3) is 0 Å². The van der Waals surface area contributed by atoms with Crippen LogP contribution in [0.2, 0.25) is 0 Å². The van der Waals surface area contributed by atoms with Crippen molar-refractivity contribution in [3.05, 3.63) is 35.9 Å². The Hall–Kier alpha value is -1.35. The lowest BCUT2D eigenvalue weighted by atomic mass is 10.1. The van der Waals surface area contributed by atoms with Crippen LogP contribution in [0, 0.1) is 0 Å². The van der Waals surface area contributed by atoms with Gasteiger partial charge in [-0.05, 0) is 19.0 Å². The van der Waals surface area contributed by atoms with Crippen molar-refractivity contribution in [2.24, 2.45) is 0 Å². The van der Waals surface area contributed by atoms with Gasteiger partial charge in [-0.1, -0.05) is 30.3 Å². The standard InChI is InChI=1S/C13H18N2O/c1-14-12-7-8-15(10-12)13(16)9-11-5-3-2-4-6-11/h2-6,12,14H,7-10H2,1H3. The van der Waals surface area contributed by atoms with Crippen molar-refractivity contribution in [2.45, 2.75) is 18.9 Å². The van der Waals surface area contributed by atoms with Gasteiger partial charge < -0.3 is 10.2 Å². The molecule has 1 aromatic rings. The topological polar surface area (TPSA) is 32.3 Å². The SMILES string of the molecule is CNC1CCN(C(=O)Cc2ccccc2)C1. The number of hydrogen-bond donors (Lipinski definition) is 1. The average Bonchev–Trinajstić information content (AvgIpc) is 2.79. The largest absolute Gasteiger partial charge is 0.341 e. The molecule has 86 valence electrons. The summed E-state index contributed by atoms with van der Waals surface area (Å²) in [6.07, 6.45) is 1.59. The Morgan fingerprint density at radius 2 is 2.19 bits per heavy atom. The quantitative estimate of drug-likeness (QED) is 0.822. The zero-order valence-electron chi connectivity index (χ0n) is 9.65. The number of hydrogen-bond acceptors (Lipinski definition) is 2. The van der Waals surface area contributed by atoms with Crippen molar-refractivity contribution in [1.29, 1.82) is 0 Å². The Morgan fingerprint density at radius 3 is 2.81 bits per heavy atom. The molecule has 1 aliphatic heterocycles. The third kappa shape index (κ3) is 2.61. The minimum Gasteiger partial charge on any atom is -0.341 e. The molecule has 1 fully saturated rings. The maximum absolute atomic E-state index is 12.0. The number of amides is 1. The zero-order valence-corrected chi connectivity index (χ0v) is 9.65. The molecule has 3 nitrogen and oxygen atoms in total. The fourth-order valence-electron chi connectivity index (χ4n) is 2.10. The van der Waals surface area contributed by atoms with Crippen LogP contribution in [0.3, 0.4) is 0 Å². The molecular weight excluding hydrogens is 200 g/mol. The summed E-state index contributed by atoms with van der Waals surface area (Å²) in [5, 5.41) is 3.22. The van der Waals surface area contributed by atoms with E-state index in [4.69, 9.17) is 0 Å². The summed E-state index contributed by atoms with van der Waals surface area (Å²) in [7, 11) is 1.95. The van der Waals surface area contributed by atoms with Crippen LogP contribution in [0.4, 0.5) is 0 Å². The van der Waals surface area contributed by atoms with Crippen LogP contribution in [0.1, 0.15) is 12.0 Å². The number of nitrogens with one attached hydrogen (secondary N) is 1. The first-order chi connectivity index (χ1) is 7.79. The second-order valence-corrected chi connectivity index (χ2v) is 4.28. The van der Waals surface area contributed by atoms with Gasteiger partial charge in [0.2, 0.25) is 5.91 Å². The van der Waals surface area contributed by atoms with Crippen LogP contribution in [-0.4, -0.2) is 37.0 Å². The van der Waals surface area contributed by atoms with Crippen LogP contribution < -0.4 is 5.32 Å². The molecule has 0 spiro atoms. The molecule has 1 atom stereocenters. The van der Waals surface area contributed by atoms with E-state index in [0.717, 1.165) is 25.1 Å². The van der Waals surface area contributed by atoms with Gasteiger partial charge in [0, 0.05) is 19.1 Å². The minimum absolute atomic E-state index is 0.240. The van der Waals surface area contributed by atoms with E-state index in [1.54, 1.807) is 0 Å². The Labute approximate surface area is 96.5 Å². The van der Waals surface area contributed by atoms with E-state index in [1.807, 2.05) is 42.3 Å². The lowest BCUT2D eigenvalue weighted by Gasteiger charge is -2.16. The number of nitrogens with zero attached hydrogens (tertiary/aromatic N) is 1. The van der Waals surface area contributed by atoms with Crippen molar-refractivity contribution in [3.8, 4) is 0 Å². The summed E-state index contributed by atoms with van der Waals surface area (Å²) in [5.41, 5.74) is 1.10. The highest BCUT2D eigenvalue weighted by molar-refractivity contribution is 5.79. The molecule has 1 N–H and O–H groups in total. The molecule has 1 amide bonds. The van der Waals surface area contributed by atoms with Gasteiger partial charge in [0.15, 0.2) is 0 Å². The van der Waals surface area contributed by atoms with Gasteiger partial charge >= 0.3 is 0 Å². The lowest BCUT2D eigenvalue weighted by molar-refractivity contribution is -0.129. The van der Waals surface area contributed by atoms with Crippen molar-refractivity contribution >= 4 is 5.91 Å². The maximum atomic E-state index is 12.0. The van der Waals surface area contributed by atoms with Gasteiger partial charge in [-0.15, -0.1) is 0 Å². The fraction of sp³-hybridized carbons (Fsp3) is 0.462. The summed E-state index contributed by atoms with van der Waals surface area (Å²) >= 11 is 0. The van der Waals surface area contributed by atoms with Gasteiger partial charge in [-0.25, -0.2) is 0 Å². The molecule has 1 aromatic carbocycles. The summed E-state index contributed by atoms with van der Waals surface area (Å²) in [5.74, 6) is 0.240. The van der Waals surface area contributed by atoms with E-state index >= 15 is 0 Å². The summed E-state index contributed by atoms with van der Waals surface area (Å²) in [6.45, 7) is 1.74. The number of benzene rings is 1. The zero-order chi connectivity index (χ0) is 11.4. The van der Waals surface area contributed by atoms with Gasteiger partial charge in [-0.3, -0.25) is 4.79 Å². The summed E-state index contributed by atoms with van der Waals surface area (Å²) in [6, 6.07) is 10.4. The second-order valence-electron chi connectivity index (χ2n) is 4.28. The van der Waals surface area contributed by atoms with Gasteiger partial charge in [0.25, 0.3) is 0 Å². The van der Waals surface area contributed by atoms with Crippen molar-refractivity contribution in [2.75, 3.05) is 20.1 Å². The van der Waals surface area contributed by atoms with Crippen LogP contribution >= 0.6 is 0 Å². The molecule has 1 aliphatic rings. The highest BCUT2D eigenvalue weighted by Gasteiger charge is 2.24. The van der Waals surface area contributed by atoms with E-state index in [-0.39, 0.29) is 5.91 Å². The van der Waals surface area contributed by atoms with Gasteiger partial charge in [0.05, 0.1) is 6.42 Å². The van der Waals surface area contributed by atoms with Crippen molar-refractivity contribution in [1.82, 2.24) is 10.2 Å². The number of carbonyl (C=O) groups is 1. The van der Waals surface area contributed by atoms with Crippen LogP contribution in [0.15, 0.2) is 30.3 Å². The first-order valence-corrected chi connectivity index (χ1v) is 5.78. The number of likely N-dealkylation sites (tertiary alicyclic amines) is 1. The third-order valence-corrected chi connectivity index (χ3v) is 3.15. The lowest BCUT2D eigenvalue weighted by Crippen LogP contribution is -2.34. The number of carbonyl (C=O) groups excluding carboxylic acids is 1. The van der Waals surface area contributed by atoms with Crippen molar-refractivity contribution < 1.29 is 4.79 Å². The van der Waals surface area contributed by atoms with E-state index in [9.17, 15) is 4.79 Å². The number of likely N-dealkylation sites (N-methyl/N-ethyl adjacent to an activating group) is 1. The Balaban J connectivity index is 1.90. The molecule has 0 saturated carbocycles. The Kier molecular flexibility index (Phi) is 3.57. The average molecular weight is 218 g/mol. The normalized spacial score (nSPS) is 20.1. The first-order valence-electron chi connectivity index (χ1n) is 5.78. The van der Waals surface area contributed by atoms with E-state index in [2.05, 4.69) is 5.32 Å². The molecule has 16 heavy (non-hydrogen) atoms. The molecule has 2 rings (SSSR count). The van der Waals surface area contributed by atoms with Gasteiger partial charge in [-0.2, -0.15) is 0 Å². The predicted octanol–water partition coefficient (Wildman–Crippen LogP) is 1.05. The van der Waals surface area contributed by atoms with Crippen LogP contribution in [-0.2, 0) is 11.2 Å². The molecule has 0 radical (unpaired) electrons. The third-order valence-electron chi connectivity index (χ3n) is 3.15. The molecule has 0 bridgehead atoms. The first kappa shape index (κ1) is 11.1. The highest BCUT2D eigenvalue weighted by atomic mass is 16.2. The van der Waals surface area contributed by atoms with Crippen LogP contribution in [0.5, 0.6) is 0 Å². The van der Waals surface area contributed by atoms with Crippen molar-refractivity contribution in [3.63, 3.8) is 0 Å². The van der Waals surface area contributed by atoms with Gasteiger partial charge in [0.1, 0.15) is 0 Å². The van der Waals surface area contributed by atoms with E-state index in [0.29, 0.717) is 12.5 Å². The molecule has 0 aromatic heterocycles. The maximum Gasteiger partial charge on any atom is 0.227 e. The molecule has 1 saturated heterocycles. The molecule has 0 aliphatic carbocycles. The number of rotatable bonds is 3.